The molecule has 1 rings (SSSR count). The van der Waals surface area contributed by atoms with Crippen molar-refractivity contribution in [2.24, 2.45) is 16.7 Å². The summed E-state index contributed by atoms with van der Waals surface area (Å²) in [6.07, 6.45) is 11.3. The molecule has 1 fully saturated rings. The smallest absolute Gasteiger partial charge is 0.00161 e. The molecule has 0 aromatic heterocycles. The summed E-state index contributed by atoms with van der Waals surface area (Å²) in [6.45, 7) is 18.2. The summed E-state index contributed by atoms with van der Waals surface area (Å²) < 4.78 is 0. The van der Waals surface area contributed by atoms with Crippen LogP contribution in [0.3, 0.4) is 0 Å². The molecule has 1 nitrogen and oxygen atoms in total. The number of likely N-dealkylation sites (tertiary alicyclic amines) is 1. The van der Waals surface area contributed by atoms with Gasteiger partial charge in [0.05, 0.1) is 0 Å². The first-order valence-electron chi connectivity index (χ1n) is 9.38. The van der Waals surface area contributed by atoms with Gasteiger partial charge in [-0.05, 0) is 74.9 Å². The van der Waals surface area contributed by atoms with Gasteiger partial charge in [-0.25, -0.2) is 0 Å². The molecule has 0 aromatic rings. The molecule has 0 spiro atoms. The topological polar surface area (TPSA) is 3.24 Å². The molecule has 1 heteroatoms. The predicted molar refractivity (Wildman–Crippen MR) is 95.8 cm³/mol. The van der Waals surface area contributed by atoms with Gasteiger partial charge >= 0.3 is 0 Å². The van der Waals surface area contributed by atoms with Crippen molar-refractivity contribution in [1.29, 1.82) is 0 Å². The Labute approximate surface area is 134 Å². The second-order valence-electron chi connectivity index (χ2n) is 9.76. The van der Waals surface area contributed by atoms with E-state index < -0.39 is 0 Å². The van der Waals surface area contributed by atoms with Crippen LogP contribution in [-0.2, 0) is 0 Å². The molecule has 1 heterocycles. The highest BCUT2D eigenvalue weighted by Gasteiger charge is 2.21. The third-order valence-electron chi connectivity index (χ3n) is 4.91. The molecule has 0 atom stereocenters. The Hall–Kier alpha value is -0.0400. The molecular weight excluding hydrogens is 254 g/mol. The van der Waals surface area contributed by atoms with E-state index in [2.05, 4.69) is 46.4 Å². The Morgan fingerprint density at radius 2 is 1.33 bits per heavy atom. The van der Waals surface area contributed by atoms with E-state index in [1.165, 1.54) is 71.0 Å². The maximum absolute atomic E-state index is 2.71. The fourth-order valence-electron chi connectivity index (χ4n) is 3.30. The normalized spacial score (nSPS) is 19.1. The molecule has 0 saturated carbocycles. The fraction of sp³-hybridized carbons (Fsp3) is 1.00. The molecular formula is C20H41N. The maximum Gasteiger partial charge on any atom is -0.00161 e. The van der Waals surface area contributed by atoms with Crippen molar-refractivity contribution in [2.45, 2.75) is 92.9 Å². The van der Waals surface area contributed by atoms with Crippen LogP contribution in [0.2, 0.25) is 0 Å². The van der Waals surface area contributed by atoms with Crippen molar-refractivity contribution >= 4 is 0 Å². The van der Waals surface area contributed by atoms with Crippen LogP contribution >= 0.6 is 0 Å². The lowest BCUT2D eigenvalue weighted by atomic mass is 9.83. The maximum atomic E-state index is 2.71. The molecule has 0 unspecified atom stereocenters. The standard InChI is InChI=1S/C20H41N/c1-19(2,3)13-8-7-9-15-21-16-11-18(12-17-21)10-14-20(4,5)6/h18H,7-17H2,1-6H3. The molecule has 1 aliphatic heterocycles. The minimum Gasteiger partial charge on any atom is -0.303 e. The summed E-state index contributed by atoms with van der Waals surface area (Å²) in [5.74, 6) is 1.00. The quantitative estimate of drug-likeness (QED) is 0.510. The van der Waals surface area contributed by atoms with Gasteiger partial charge < -0.3 is 4.90 Å². The van der Waals surface area contributed by atoms with Gasteiger partial charge in [0.25, 0.3) is 0 Å². The van der Waals surface area contributed by atoms with E-state index >= 15 is 0 Å². The van der Waals surface area contributed by atoms with Crippen molar-refractivity contribution in [3.8, 4) is 0 Å². The number of hydrogen-bond acceptors (Lipinski definition) is 1. The first-order chi connectivity index (χ1) is 9.66. The van der Waals surface area contributed by atoms with Gasteiger partial charge in [-0.1, -0.05) is 54.4 Å². The monoisotopic (exact) mass is 295 g/mol. The second kappa shape index (κ2) is 8.56. The fourth-order valence-corrected chi connectivity index (χ4v) is 3.30. The Bertz CT molecular complexity index is 258. The lowest BCUT2D eigenvalue weighted by Crippen LogP contribution is -2.34. The van der Waals surface area contributed by atoms with Crippen LogP contribution < -0.4 is 0 Å². The van der Waals surface area contributed by atoms with Crippen molar-refractivity contribution in [1.82, 2.24) is 4.90 Å². The molecule has 126 valence electrons. The highest BCUT2D eigenvalue weighted by Crippen LogP contribution is 2.29. The van der Waals surface area contributed by atoms with Crippen LogP contribution in [-0.4, -0.2) is 24.5 Å². The van der Waals surface area contributed by atoms with Crippen LogP contribution in [0.25, 0.3) is 0 Å². The van der Waals surface area contributed by atoms with Gasteiger partial charge in [-0.2, -0.15) is 0 Å². The van der Waals surface area contributed by atoms with Crippen molar-refractivity contribution < 1.29 is 0 Å². The minimum absolute atomic E-state index is 0.518. The summed E-state index contributed by atoms with van der Waals surface area (Å²) in [5.41, 5.74) is 1.04. The third-order valence-corrected chi connectivity index (χ3v) is 4.91. The zero-order valence-electron chi connectivity index (χ0n) is 15.8. The van der Waals surface area contributed by atoms with Gasteiger partial charge in [-0.3, -0.25) is 0 Å². The van der Waals surface area contributed by atoms with Gasteiger partial charge in [0.1, 0.15) is 0 Å². The Kier molecular flexibility index (Phi) is 7.74. The Morgan fingerprint density at radius 1 is 0.762 bits per heavy atom. The van der Waals surface area contributed by atoms with E-state index in [1.54, 1.807) is 0 Å². The molecule has 1 saturated heterocycles. The highest BCUT2D eigenvalue weighted by atomic mass is 15.1. The largest absolute Gasteiger partial charge is 0.303 e. The Morgan fingerprint density at radius 3 is 1.86 bits per heavy atom. The van der Waals surface area contributed by atoms with E-state index in [0.717, 1.165) is 5.92 Å². The molecule has 0 aromatic carbocycles. The molecule has 21 heavy (non-hydrogen) atoms. The summed E-state index contributed by atoms with van der Waals surface area (Å²) in [5, 5.41) is 0. The molecule has 0 N–H and O–H groups in total. The number of piperidine rings is 1. The van der Waals surface area contributed by atoms with Crippen molar-refractivity contribution in [3.05, 3.63) is 0 Å². The van der Waals surface area contributed by atoms with Crippen LogP contribution in [0.4, 0.5) is 0 Å². The van der Waals surface area contributed by atoms with Crippen LogP contribution in [0.15, 0.2) is 0 Å². The average molecular weight is 296 g/mol. The van der Waals surface area contributed by atoms with E-state index in [9.17, 15) is 0 Å². The SMILES string of the molecule is CC(C)(C)CCCCCN1CCC(CCC(C)(C)C)CC1. The number of rotatable bonds is 7. The lowest BCUT2D eigenvalue weighted by Gasteiger charge is -2.33. The molecule has 0 aliphatic carbocycles. The molecule has 0 amide bonds. The number of nitrogens with zero attached hydrogens (tertiary/aromatic N) is 1. The van der Waals surface area contributed by atoms with Gasteiger partial charge in [-0.15, -0.1) is 0 Å². The van der Waals surface area contributed by atoms with Gasteiger partial charge in [0, 0.05) is 0 Å². The minimum atomic E-state index is 0.518. The summed E-state index contributed by atoms with van der Waals surface area (Å²) in [4.78, 5) is 2.71. The number of hydrogen-bond donors (Lipinski definition) is 0. The summed E-state index contributed by atoms with van der Waals surface area (Å²) >= 11 is 0. The van der Waals surface area contributed by atoms with E-state index in [0.29, 0.717) is 10.8 Å². The molecule has 1 aliphatic rings. The van der Waals surface area contributed by atoms with Crippen molar-refractivity contribution in [2.75, 3.05) is 19.6 Å². The zero-order chi connectivity index (χ0) is 15.9. The molecule has 0 bridgehead atoms. The van der Waals surface area contributed by atoms with E-state index in [4.69, 9.17) is 0 Å². The zero-order valence-corrected chi connectivity index (χ0v) is 15.8. The van der Waals surface area contributed by atoms with Crippen LogP contribution in [0, 0.1) is 16.7 Å². The van der Waals surface area contributed by atoms with Crippen LogP contribution in [0.5, 0.6) is 0 Å². The third kappa shape index (κ3) is 10.3. The van der Waals surface area contributed by atoms with Gasteiger partial charge in [0.15, 0.2) is 0 Å². The average Bonchev–Trinajstić information content (AvgIpc) is 2.35. The summed E-state index contributed by atoms with van der Waals surface area (Å²) in [6, 6.07) is 0. The first kappa shape index (κ1) is 19.0. The number of unbranched alkanes of at least 4 members (excludes halogenated alkanes) is 2. The van der Waals surface area contributed by atoms with Crippen LogP contribution in [0.1, 0.15) is 92.9 Å². The lowest BCUT2D eigenvalue weighted by molar-refractivity contribution is 0.165. The van der Waals surface area contributed by atoms with E-state index in [1.807, 2.05) is 0 Å². The first-order valence-corrected chi connectivity index (χ1v) is 9.38. The van der Waals surface area contributed by atoms with Gasteiger partial charge in [0.2, 0.25) is 0 Å². The highest BCUT2D eigenvalue weighted by molar-refractivity contribution is 4.74. The Balaban J connectivity index is 2.03. The molecule has 0 radical (unpaired) electrons. The predicted octanol–water partition coefficient (Wildman–Crippen LogP) is 6.13. The van der Waals surface area contributed by atoms with Crippen molar-refractivity contribution in [3.63, 3.8) is 0 Å². The second-order valence-corrected chi connectivity index (χ2v) is 9.76. The summed E-state index contributed by atoms with van der Waals surface area (Å²) in [7, 11) is 0. The van der Waals surface area contributed by atoms with E-state index in [-0.39, 0.29) is 0 Å².